The lowest BCUT2D eigenvalue weighted by molar-refractivity contribution is -0.123. The summed E-state index contributed by atoms with van der Waals surface area (Å²) in [7, 11) is 0. The zero-order chi connectivity index (χ0) is 22.0. The highest BCUT2D eigenvalue weighted by atomic mass is 16.2. The lowest BCUT2D eigenvalue weighted by atomic mass is 9.73. The third-order valence-electron chi connectivity index (χ3n) is 7.57. The van der Waals surface area contributed by atoms with Crippen molar-refractivity contribution in [2.45, 2.75) is 20.3 Å². The molecule has 2 fully saturated rings. The first-order chi connectivity index (χ1) is 15.6. The second kappa shape index (κ2) is 7.03. The Labute approximate surface area is 188 Å². The Balaban J connectivity index is 1.49. The Kier molecular flexibility index (Phi) is 4.23. The molecule has 2 amide bonds. The molecule has 158 valence electrons. The van der Waals surface area contributed by atoms with Crippen LogP contribution in [-0.4, -0.2) is 11.8 Å². The molecule has 3 heteroatoms. The van der Waals surface area contributed by atoms with Crippen LogP contribution >= 0.6 is 0 Å². The van der Waals surface area contributed by atoms with E-state index in [9.17, 15) is 9.59 Å². The van der Waals surface area contributed by atoms with E-state index in [1.807, 2.05) is 44.2 Å². The van der Waals surface area contributed by atoms with Crippen molar-refractivity contribution in [1.29, 1.82) is 0 Å². The number of nitrogens with zero attached hydrogens (tertiary/aromatic N) is 1. The molecule has 1 saturated heterocycles. The fourth-order valence-electron chi connectivity index (χ4n) is 6.39. The molecule has 1 aliphatic heterocycles. The van der Waals surface area contributed by atoms with Crippen molar-refractivity contribution in [3.05, 3.63) is 101 Å². The smallest absolute Gasteiger partial charge is 0.238 e. The van der Waals surface area contributed by atoms with Crippen molar-refractivity contribution in [3.63, 3.8) is 0 Å². The molecule has 3 aromatic rings. The van der Waals surface area contributed by atoms with E-state index in [2.05, 4.69) is 48.5 Å². The lowest BCUT2D eigenvalue weighted by Crippen LogP contribution is -2.33. The largest absolute Gasteiger partial charge is 0.274 e. The van der Waals surface area contributed by atoms with Crippen molar-refractivity contribution in [3.8, 4) is 0 Å². The van der Waals surface area contributed by atoms with E-state index in [4.69, 9.17) is 0 Å². The van der Waals surface area contributed by atoms with Crippen LogP contribution in [0.5, 0.6) is 0 Å². The number of carbonyl (C=O) groups is 2. The number of benzene rings is 3. The Morgan fingerprint density at radius 1 is 0.688 bits per heavy atom. The Hall–Kier alpha value is -3.46. The average molecular weight is 420 g/mol. The Morgan fingerprint density at radius 3 is 1.66 bits per heavy atom. The molecule has 2 bridgehead atoms. The van der Waals surface area contributed by atoms with Gasteiger partial charge in [0.2, 0.25) is 11.8 Å². The molecule has 0 spiro atoms. The third kappa shape index (κ3) is 2.60. The van der Waals surface area contributed by atoms with Crippen LogP contribution in [0.15, 0.2) is 78.9 Å². The van der Waals surface area contributed by atoms with Crippen LogP contribution in [0, 0.1) is 37.5 Å². The van der Waals surface area contributed by atoms with E-state index in [0.29, 0.717) is 0 Å². The van der Waals surface area contributed by atoms with Crippen LogP contribution in [-0.2, 0) is 9.59 Å². The summed E-state index contributed by atoms with van der Waals surface area (Å²) < 4.78 is 0. The van der Waals surface area contributed by atoms with Gasteiger partial charge in [0.25, 0.3) is 0 Å². The lowest BCUT2D eigenvalue weighted by Gasteiger charge is -2.27. The summed E-state index contributed by atoms with van der Waals surface area (Å²) in [5.74, 6) is -0.434. The predicted octanol–water partition coefficient (Wildman–Crippen LogP) is 5.67. The monoisotopic (exact) mass is 419 g/mol. The van der Waals surface area contributed by atoms with Crippen molar-refractivity contribution < 1.29 is 9.59 Å². The highest BCUT2D eigenvalue weighted by Gasteiger charge is 2.64. The number of imide groups is 1. The summed E-state index contributed by atoms with van der Waals surface area (Å²) in [6, 6.07) is 26.8. The van der Waals surface area contributed by atoms with Gasteiger partial charge >= 0.3 is 0 Å². The number of allylic oxidation sites excluding steroid dienone is 2. The molecule has 1 saturated carbocycles. The number of fused-ring (bicyclic) bond motifs is 5. The molecule has 0 aromatic heterocycles. The second-order valence-corrected chi connectivity index (χ2v) is 9.36. The minimum Gasteiger partial charge on any atom is -0.274 e. The topological polar surface area (TPSA) is 37.4 Å². The first-order valence-electron chi connectivity index (χ1n) is 11.4. The molecule has 3 aromatic carbocycles. The number of rotatable bonds is 3. The number of hydrogen-bond acceptors (Lipinski definition) is 2. The van der Waals surface area contributed by atoms with Gasteiger partial charge < -0.3 is 0 Å². The normalized spacial score (nSPS) is 26.2. The fraction of sp³-hybridized carbons (Fsp3) is 0.241. The highest BCUT2D eigenvalue weighted by molar-refractivity contribution is 6.25. The van der Waals surface area contributed by atoms with E-state index in [-0.39, 0.29) is 35.5 Å². The highest BCUT2D eigenvalue weighted by Crippen LogP contribution is 2.64. The number of amides is 2. The first kappa shape index (κ1) is 19.2. The van der Waals surface area contributed by atoms with Gasteiger partial charge in [0, 0.05) is 0 Å². The van der Waals surface area contributed by atoms with E-state index in [0.717, 1.165) is 23.2 Å². The van der Waals surface area contributed by atoms with Crippen molar-refractivity contribution in [2.75, 3.05) is 4.90 Å². The molecule has 0 unspecified atom stereocenters. The predicted molar refractivity (Wildman–Crippen MR) is 127 cm³/mol. The minimum absolute atomic E-state index is 0.0278. The second-order valence-electron chi connectivity index (χ2n) is 9.36. The molecule has 3 nitrogen and oxygen atoms in total. The Morgan fingerprint density at radius 2 is 1.19 bits per heavy atom. The van der Waals surface area contributed by atoms with Gasteiger partial charge in [-0.05, 0) is 66.0 Å². The summed E-state index contributed by atoms with van der Waals surface area (Å²) in [5, 5.41) is 0. The molecule has 3 aliphatic rings. The van der Waals surface area contributed by atoms with E-state index < -0.39 is 0 Å². The maximum atomic E-state index is 13.7. The maximum Gasteiger partial charge on any atom is 0.238 e. The van der Waals surface area contributed by atoms with Crippen molar-refractivity contribution >= 4 is 28.6 Å². The Bertz CT molecular complexity index is 1200. The molecular weight excluding hydrogens is 394 g/mol. The van der Waals surface area contributed by atoms with Crippen LogP contribution in [0.3, 0.4) is 0 Å². The molecule has 32 heavy (non-hydrogen) atoms. The van der Waals surface area contributed by atoms with Crippen LogP contribution in [0.1, 0.15) is 28.7 Å². The SMILES string of the molecule is Cc1ccc(N2C(=O)[C@@H]3[C@@H](C2=O)[C@@H]2C[C@@H]3C(c3ccccc3)=C2c2ccccc2)c(C)c1. The van der Waals surface area contributed by atoms with Crippen molar-refractivity contribution in [1.82, 2.24) is 0 Å². The quantitative estimate of drug-likeness (QED) is 0.513. The zero-order valence-electron chi connectivity index (χ0n) is 18.3. The zero-order valence-corrected chi connectivity index (χ0v) is 18.3. The maximum absolute atomic E-state index is 13.7. The summed E-state index contributed by atoms with van der Waals surface area (Å²) in [5.41, 5.74) is 7.69. The van der Waals surface area contributed by atoms with Crippen LogP contribution in [0.25, 0.3) is 11.1 Å². The molecule has 0 N–H and O–H groups in total. The first-order valence-corrected chi connectivity index (χ1v) is 11.4. The number of aryl methyl sites for hydroxylation is 2. The molecule has 6 rings (SSSR count). The summed E-state index contributed by atoms with van der Waals surface area (Å²) in [6.45, 7) is 4.01. The van der Waals surface area contributed by atoms with E-state index in [1.165, 1.54) is 27.2 Å². The third-order valence-corrected chi connectivity index (χ3v) is 7.57. The van der Waals surface area contributed by atoms with Gasteiger partial charge in [0.15, 0.2) is 0 Å². The van der Waals surface area contributed by atoms with Gasteiger partial charge in [-0.15, -0.1) is 0 Å². The van der Waals surface area contributed by atoms with E-state index in [1.54, 1.807) is 0 Å². The molecule has 0 radical (unpaired) electrons. The standard InChI is InChI=1S/C29H25NO2/c1-17-13-14-23(18(2)15-17)30-28(31)26-21-16-22(27(26)29(30)32)25(20-11-7-4-8-12-20)24(21)19-9-5-3-6-10-19/h3-15,21-22,26-27H,16H2,1-2H3/t21-,22-,26+,27+/m1/s1. The van der Waals surface area contributed by atoms with Gasteiger partial charge in [0.1, 0.15) is 0 Å². The summed E-state index contributed by atoms with van der Waals surface area (Å²) in [6.07, 6.45) is 0.877. The number of carbonyl (C=O) groups excluding carboxylic acids is 2. The molecule has 1 heterocycles. The molecular formula is C29H25NO2. The fourth-order valence-corrected chi connectivity index (χ4v) is 6.39. The van der Waals surface area contributed by atoms with Gasteiger partial charge in [-0.3, -0.25) is 9.59 Å². The van der Waals surface area contributed by atoms with Gasteiger partial charge in [-0.2, -0.15) is 0 Å². The number of anilines is 1. The molecule has 4 atom stereocenters. The van der Waals surface area contributed by atoms with Gasteiger partial charge in [-0.1, -0.05) is 78.4 Å². The van der Waals surface area contributed by atoms with Crippen LogP contribution in [0.2, 0.25) is 0 Å². The molecule has 2 aliphatic carbocycles. The minimum atomic E-state index is -0.268. The van der Waals surface area contributed by atoms with E-state index >= 15 is 0 Å². The van der Waals surface area contributed by atoms with Crippen molar-refractivity contribution in [2.24, 2.45) is 23.7 Å². The summed E-state index contributed by atoms with van der Waals surface area (Å²) >= 11 is 0. The van der Waals surface area contributed by atoms with Gasteiger partial charge in [0.05, 0.1) is 17.5 Å². The van der Waals surface area contributed by atoms with Crippen LogP contribution in [0.4, 0.5) is 5.69 Å². The average Bonchev–Trinajstić information content (AvgIpc) is 3.45. The van der Waals surface area contributed by atoms with Crippen LogP contribution < -0.4 is 4.90 Å². The van der Waals surface area contributed by atoms with Gasteiger partial charge in [-0.25, -0.2) is 4.90 Å². The number of hydrogen-bond donors (Lipinski definition) is 0. The summed E-state index contributed by atoms with van der Waals surface area (Å²) in [4.78, 5) is 28.9.